The smallest absolute Gasteiger partial charge is 0.154 e. The number of sulfone groups is 1. The van der Waals surface area contributed by atoms with Crippen LogP contribution in [0, 0.1) is 0 Å². The first-order chi connectivity index (χ1) is 15.0. The zero-order chi connectivity index (χ0) is 21.7. The lowest BCUT2D eigenvalue weighted by Gasteiger charge is -2.24. The fourth-order valence-electron chi connectivity index (χ4n) is 3.24. The van der Waals surface area contributed by atoms with Crippen molar-refractivity contribution in [2.75, 3.05) is 50.2 Å². The first kappa shape index (κ1) is 21.4. The van der Waals surface area contributed by atoms with Gasteiger partial charge in [0.15, 0.2) is 15.7 Å². The predicted octanol–water partition coefficient (Wildman–Crippen LogP) is 1.52. The summed E-state index contributed by atoms with van der Waals surface area (Å²) in [6, 6.07) is 9.27. The molecule has 1 saturated heterocycles. The highest BCUT2D eigenvalue weighted by molar-refractivity contribution is 7.90. The van der Waals surface area contributed by atoms with Crippen molar-refractivity contribution in [1.29, 1.82) is 0 Å². The first-order valence-electron chi connectivity index (χ1n) is 10.1. The van der Waals surface area contributed by atoms with E-state index in [-0.39, 0.29) is 18.5 Å². The second-order valence-electron chi connectivity index (χ2n) is 7.36. The fraction of sp³-hybridized carbons (Fsp3) is 0.381. The van der Waals surface area contributed by atoms with Crippen LogP contribution in [0.2, 0.25) is 0 Å². The van der Waals surface area contributed by atoms with Crippen LogP contribution in [0.5, 0.6) is 5.75 Å². The van der Waals surface area contributed by atoms with E-state index in [2.05, 4.69) is 20.6 Å². The molecular weight excluding hydrogens is 418 g/mol. The van der Waals surface area contributed by atoms with E-state index in [1.165, 1.54) is 6.26 Å². The number of rotatable bonds is 8. The van der Waals surface area contributed by atoms with E-state index in [9.17, 15) is 8.42 Å². The van der Waals surface area contributed by atoms with Crippen molar-refractivity contribution in [1.82, 2.24) is 20.3 Å². The molecule has 0 amide bonds. The quantitative estimate of drug-likeness (QED) is 0.534. The standard InChI is InChI=1S/C21H25N5O4S/c1-31(27,28)11-10-30-16-4-2-15(3-5-16)18-12-19-20(24-7-6-23-19)21(26-18)25-14-17-13-22-8-9-29-17/h2-7,12,17,22H,8-11,13-14H2,1H3,(H,25,26)/t17-/m0/s1. The highest BCUT2D eigenvalue weighted by Gasteiger charge is 2.15. The summed E-state index contributed by atoms with van der Waals surface area (Å²) in [6.07, 6.45) is 4.56. The molecule has 0 aliphatic carbocycles. The number of aromatic nitrogens is 3. The molecule has 1 aromatic carbocycles. The fourth-order valence-corrected chi connectivity index (χ4v) is 3.62. The molecule has 0 saturated carbocycles. The molecule has 31 heavy (non-hydrogen) atoms. The number of anilines is 1. The molecule has 9 nitrogen and oxygen atoms in total. The van der Waals surface area contributed by atoms with Gasteiger partial charge in [0.2, 0.25) is 0 Å². The molecule has 1 aliphatic heterocycles. The zero-order valence-electron chi connectivity index (χ0n) is 17.2. The van der Waals surface area contributed by atoms with Crippen molar-refractivity contribution in [3.8, 4) is 17.0 Å². The molecule has 0 spiro atoms. The maximum atomic E-state index is 11.2. The Morgan fingerprint density at radius 1 is 1.23 bits per heavy atom. The Morgan fingerprint density at radius 2 is 2.03 bits per heavy atom. The molecule has 1 fully saturated rings. The summed E-state index contributed by atoms with van der Waals surface area (Å²) >= 11 is 0. The minimum absolute atomic E-state index is 0.0189. The Labute approximate surface area is 181 Å². The molecule has 2 N–H and O–H groups in total. The Hall–Kier alpha value is -2.82. The van der Waals surface area contributed by atoms with Crippen molar-refractivity contribution in [2.24, 2.45) is 0 Å². The Balaban J connectivity index is 1.53. The molecule has 10 heteroatoms. The van der Waals surface area contributed by atoms with E-state index in [0.29, 0.717) is 30.2 Å². The summed E-state index contributed by atoms with van der Waals surface area (Å²) in [4.78, 5) is 13.6. The van der Waals surface area contributed by atoms with Crippen LogP contribution in [0.25, 0.3) is 22.3 Å². The summed E-state index contributed by atoms with van der Waals surface area (Å²) in [5.74, 6) is 1.24. The van der Waals surface area contributed by atoms with Crippen molar-refractivity contribution in [3.63, 3.8) is 0 Å². The van der Waals surface area contributed by atoms with Crippen LogP contribution in [0.4, 0.5) is 5.82 Å². The molecule has 4 rings (SSSR count). The largest absolute Gasteiger partial charge is 0.493 e. The van der Waals surface area contributed by atoms with Gasteiger partial charge < -0.3 is 20.1 Å². The van der Waals surface area contributed by atoms with Gasteiger partial charge in [0.1, 0.15) is 17.9 Å². The minimum atomic E-state index is -3.05. The van der Waals surface area contributed by atoms with Crippen LogP contribution in [0.1, 0.15) is 0 Å². The summed E-state index contributed by atoms with van der Waals surface area (Å²) in [7, 11) is -3.05. The van der Waals surface area contributed by atoms with Crippen LogP contribution < -0.4 is 15.4 Å². The van der Waals surface area contributed by atoms with Crippen LogP contribution in [-0.2, 0) is 14.6 Å². The molecule has 0 unspecified atom stereocenters. The van der Waals surface area contributed by atoms with E-state index >= 15 is 0 Å². The number of fused-ring (bicyclic) bond motifs is 1. The molecule has 1 aliphatic rings. The summed E-state index contributed by atoms with van der Waals surface area (Å²) < 4.78 is 33.7. The van der Waals surface area contributed by atoms with E-state index in [1.807, 2.05) is 18.2 Å². The van der Waals surface area contributed by atoms with E-state index in [1.54, 1.807) is 24.5 Å². The van der Waals surface area contributed by atoms with Crippen molar-refractivity contribution < 1.29 is 17.9 Å². The van der Waals surface area contributed by atoms with Crippen molar-refractivity contribution in [3.05, 3.63) is 42.7 Å². The van der Waals surface area contributed by atoms with Crippen LogP contribution >= 0.6 is 0 Å². The zero-order valence-corrected chi connectivity index (χ0v) is 18.1. The van der Waals surface area contributed by atoms with Gasteiger partial charge >= 0.3 is 0 Å². The maximum absolute atomic E-state index is 11.2. The van der Waals surface area contributed by atoms with Gasteiger partial charge in [-0.15, -0.1) is 0 Å². The van der Waals surface area contributed by atoms with Crippen LogP contribution in [-0.4, -0.2) is 74.3 Å². The second-order valence-corrected chi connectivity index (χ2v) is 9.62. The SMILES string of the molecule is CS(=O)(=O)CCOc1ccc(-c2cc3nccnc3c(NC[C@@H]3CNCCO3)n2)cc1. The first-order valence-corrected chi connectivity index (χ1v) is 12.1. The molecule has 0 radical (unpaired) electrons. The van der Waals surface area contributed by atoms with Gasteiger partial charge in [0.05, 0.1) is 29.7 Å². The lowest BCUT2D eigenvalue weighted by Crippen LogP contribution is -2.42. The highest BCUT2D eigenvalue weighted by Crippen LogP contribution is 2.27. The lowest BCUT2D eigenvalue weighted by molar-refractivity contribution is 0.0372. The average Bonchev–Trinajstić information content (AvgIpc) is 2.77. The summed E-state index contributed by atoms with van der Waals surface area (Å²) in [6.45, 7) is 3.08. The Morgan fingerprint density at radius 3 is 2.77 bits per heavy atom. The van der Waals surface area contributed by atoms with Crippen LogP contribution in [0.15, 0.2) is 42.7 Å². The van der Waals surface area contributed by atoms with Gasteiger partial charge in [-0.1, -0.05) is 0 Å². The van der Waals surface area contributed by atoms with Crippen molar-refractivity contribution in [2.45, 2.75) is 6.10 Å². The number of hydrogen-bond donors (Lipinski definition) is 2. The van der Waals surface area contributed by atoms with E-state index in [4.69, 9.17) is 14.5 Å². The molecule has 0 bridgehead atoms. The molecular formula is C21H25N5O4S. The predicted molar refractivity (Wildman–Crippen MR) is 119 cm³/mol. The van der Waals surface area contributed by atoms with Crippen molar-refractivity contribution >= 4 is 26.7 Å². The number of ether oxygens (including phenoxy) is 2. The third-order valence-corrected chi connectivity index (χ3v) is 5.74. The highest BCUT2D eigenvalue weighted by atomic mass is 32.2. The number of hydrogen-bond acceptors (Lipinski definition) is 9. The normalized spacial score (nSPS) is 16.9. The van der Waals surface area contributed by atoms with E-state index < -0.39 is 9.84 Å². The average molecular weight is 444 g/mol. The number of nitrogens with zero attached hydrogens (tertiary/aromatic N) is 3. The minimum Gasteiger partial charge on any atom is -0.493 e. The molecule has 164 valence electrons. The third-order valence-electron chi connectivity index (χ3n) is 4.83. The Kier molecular flexibility index (Phi) is 6.59. The molecule has 3 aromatic rings. The number of benzene rings is 1. The van der Waals surface area contributed by atoms with Gasteiger partial charge in [-0.25, -0.2) is 18.4 Å². The topological polar surface area (TPSA) is 115 Å². The number of nitrogens with one attached hydrogen (secondary N) is 2. The lowest BCUT2D eigenvalue weighted by atomic mass is 10.1. The third kappa shape index (κ3) is 5.87. The summed E-state index contributed by atoms with van der Waals surface area (Å²) in [5.41, 5.74) is 3.09. The Bertz CT molecular complexity index is 1130. The second kappa shape index (κ2) is 9.54. The van der Waals surface area contributed by atoms with Crippen LogP contribution in [0.3, 0.4) is 0 Å². The monoisotopic (exact) mass is 443 g/mol. The maximum Gasteiger partial charge on any atom is 0.154 e. The van der Waals surface area contributed by atoms with E-state index in [0.717, 1.165) is 29.9 Å². The van der Waals surface area contributed by atoms with Gasteiger partial charge in [0.25, 0.3) is 0 Å². The molecule has 2 aromatic heterocycles. The number of morpholine rings is 1. The van der Waals surface area contributed by atoms with Gasteiger partial charge in [0, 0.05) is 43.8 Å². The number of pyridine rings is 1. The molecule has 1 atom stereocenters. The van der Waals surface area contributed by atoms with Gasteiger partial charge in [-0.2, -0.15) is 0 Å². The molecule has 3 heterocycles. The van der Waals surface area contributed by atoms with Gasteiger partial charge in [-0.05, 0) is 30.3 Å². The summed E-state index contributed by atoms with van der Waals surface area (Å²) in [5, 5.41) is 6.68. The van der Waals surface area contributed by atoms with Gasteiger partial charge in [-0.3, -0.25) is 4.98 Å².